The van der Waals surface area contributed by atoms with Gasteiger partial charge in [0.15, 0.2) is 6.10 Å². The quantitative estimate of drug-likeness (QED) is 0.0267. The Bertz CT molecular complexity index is 926. The third kappa shape index (κ3) is 35.3. The minimum absolute atomic E-state index is 0.0448. The van der Waals surface area contributed by atoms with Gasteiger partial charge in [-0.25, -0.2) is 0 Å². The predicted octanol–water partition coefficient (Wildman–Crippen LogP) is 10.4. The highest BCUT2D eigenvalue weighted by Gasteiger charge is 2.25. The van der Waals surface area contributed by atoms with Gasteiger partial charge in [0.2, 0.25) is 0 Å². The van der Waals surface area contributed by atoms with E-state index in [0.29, 0.717) is 12.8 Å². The summed E-state index contributed by atoms with van der Waals surface area (Å²) in [5, 5.41) is 11.6. The van der Waals surface area contributed by atoms with E-state index in [0.717, 1.165) is 51.4 Å². The van der Waals surface area contributed by atoms with E-state index in [1.165, 1.54) is 109 Å². The monoisotopic (exact) mass is 750 g/mol. The van der Waals surface area contributed by atoms with Crippen LogP contribution >= 0.6 is 0 Å². The van der Waals surface area contributed by atoms with Gasteiger partial charge in [0.05, 0.1) is 40.3 Å². The Balaban J connectivity index is 4.14. The van der Waals surface area contributed by atoms with E-state index in [1.807, 2.05) is 0 Å². The standard InChI is InChI=1S/C45H83NO7/c1-6-8-10-12-14-16-17-18-19-20-21-22-23-24-25-26-27-28-30-31-33-35-43(47)52-40-41(39-51-38-37-42(45(49)50)46(3,4)5)53-44(48)36-34-32-29-15-13-11-9-7-2/h8,10,14,16,41-42H,6-7,9,11-13,15,17-40H2,1-5H3/b10-8+,16-14+. The van der Waals surface area contributed by atoms with Crippen molar-refractivity contribution in [3.63, 3.8) is 0 Å². The number of likely N-dealkylation sites (N-methyl/N-ethyl adjacent to an activating group) is 1. The van der Waals surface area contributed by atoms with Crippen LogP contribution in [0.4, 0.5) is 0 Å². The summed E-state index contributed by atoms with van der Waals surface area (Å²) in [7, 11) is 5.40. The first-order valence-electron chi connectivity index (χ1n) is 21.9. The van der Waals surface area contributed by atoms with Crippen LogP contribution in [-0.2, 0) is 28.6 Å². The normalized spacial score (nSPS) is 13.2. The third-order valence-corrected chi connectivity index (χ3v) is 9.85. The fourth-order valence-electron chi connectivity index (χ4n) is 6.46. The van der Waals surface area contributed by atoms with Gasteiger partial charge < -0.3 is 28.6 Å². The zero-order valence-corrected chi connectivity index (χ0v) is 35.2. The molecule has 0 amide bonds. The summed E-state index contributed by atoms with van der Waals surface area (Å²) in [6.45, 7) is 4.54. The van der Waals surface area contributed by atoms with Crippen LogP contribution in [0.2, 0.25) is 0 Å². The molecule has 0 saturated carbocycles. The maximum atomic E-state index is 12.6. The van der Waals surface area contributed by atoms with Crippen LogP contribution in [0.1, 0.15) is 194 Å². The maximum absolute atomic E-state index is 12.6. The zero-order valence-electron chi connectivity index (χ0n) is 35.2. The zero-order chi connectivity index (χ0) is 39.3. The average molecular weight is 750 g/mol. The molecule has 0 bridgehead atoms. The van der Waals surface area contributed by atoms with Gasteiger partial charge >= 0.3 is 11.9 Å². The van der Waals surface area contributed by atoms with Crippen LogP contribution < -0.4 is 5.11 Å². The number of carboxylic acids is 1. The fourth-order valence-corrected chi connectivity index (χ4v) is 6.46. The van der Waals surface area contributed by atoms with Crippen molar-refractivity contribution < 1.29 is 38.2 Å². The summed E-state index contributed by atoms with van der Waals surface area (Å²) in [6.07, 6.45) is 39.3. The molecule has 0 aliphatic rings. The number of carboxylic acid groups (broad SMARTS) is 1. The molecule has 0 spiro atoms. The van der Waals surface area contributed by atoms with Gasteiger partial charge in [-0.3, -0.25) is 9.59 Å². The Morgan fingerprint density at radius 1 is 0.585 bits per heavy atom. The lowest BCUT2D eigenvalue weighted by molar-refractivity contribution is -0.889. The Labute approximate surface area is 326 Å². The van der Waals surface area contributed by atoms with Gasteiger partial charge in [0.1, 0.15) is 12.6 Å². The van der Waals surface area contributed by atoms with Crippen molar-refractivity contribution in [2.24, 2.45) is 0 Å². The van der Waals surface area contributed by atoms with Crippen molar-refractivity contribution >= 4 is 17.9 Å². The van der Waals surface area contributed by atoms with Crippen molar-refractivity contribution in [1.29, 1.82) is 0 Å². The second-order valence-corrected chi connectivity index (χ2v) is 15.9. The van der Waals surface area contributed by atoms with Crippen LogP contribution in [0.5, 0.6) is 0 Å². The van der Waals surface area contributed by atoms with Crippen molar-refractivity contribution in [1.82, 2.24) is 0 Å². The number of carbonyl (C=O) groups is 3. The molecule has 0 aliphatic heterocycles. The molecule has 310 valence electrons. The second kappa shape index (κ2) is 36.8. The number of carbonyl (C=O) groups excluding carboxylic acids is 3. The SMILES string of the molecule is CC/C=C/C/C=C/CCCCCCCCCCCCCCCCC(=O)OCC(COCCC(C(=O)[O-])[N+](C)(C)C)OC(=O)CCCCCCCCCC. The van der Waals surface area contributed by atoms with E-state index in [1.54, 1.807) is 21.1 Å². The van der Waals surface area contributed by atoms with Crippen LogP contribution in [-0.4, -0.2) is 75.5 Å². The van der Waals surface area contributed by atoms with Crippen LogP contribution in [0, 0.1) is 0 Å². The second-order valence-electron chi connectivity index (χ2n) is 15.9. The van der Waals surface area contributed by atoms with E-state index in [2.05, 4.69) is 38.2 Å². The number of rotatable bonds is 39. The molecule has 0 N–H and O–H groups in total. The highest BCUT2D eigenvalue weighted by Crippen LogP contribution is 2.15. The Hall–Kier alpha value is -2.19. The maximum Gasteiger partial charge on any atom is 0.306 e. The smallest absolute Gasteiger partial charge is 0.306 e. The summed E-state index contributed by atoms with van der Waals surface area (Å²) >= 11 is 0. The number of unbranched alkanes of at least 4 members (excludes halogenated alkanes) is 21. The van der Waals surface area contributed by atoms with Crippen molar-refractivity contribution in [2.75, 3.05) is 41.0 Å². The van der Waals surface area contributed by atoms with Gasteiger partial charge in [-0.1, -0.05) is 160 Å². The molecule has 0 saturated heterocycles. The van der Waals surface area contributed by atoms with Gasteiger partial charge in [0.25, 0.3) is 0 Å². The van der Waals surface area contributed by atoms with Gasteiger partial charge in [0, 0.05) is 19.3 Å². The topological polar surface area (TPSA) is 102 Å². The summed E-state index contributed by atoms with van der Waals surface area (Å²) < 4.78 is 17.1. The number of quaternary nitrogens is 1. The molecule has 0 fully saturated rings. The minimum Gasteiger partial charge on any atom is -0.544 e. The molecule has 2 atom stereocenters. The molecule has 0 radical (unpaired) electrons. The first-order valence-corrected chi connectivity index (χ1v) is 21.9. The predicted molar refractivity (Wildman–Crippen MR) is 217 cm³/mol. The van der Waals surface area contributed by atoms with Crippen molar-refractivity contribution in [3.8, 4) is 0 Å². The van der Waals surface area contributed by atoms with Crippen LogP contribution in [0.3, 0.4) is 0 Å². The molecule has 0 aromatic carbocycles. The van der Waals surface area contributed by atoms with E-state index in [9.17, 15) is 19.5 Å². The van der Waals surface area contributed by atoms with Gasteiger partial charge in [-0.15, -0.1) is 0 Å². The first kappa shape index (κ1) is 50.8. The van der Waals surface area contributed by atoms with Gasteiger partial charge in [-0.2, -0.15) is 0 Å². The van der Waals surface area contributed by atoms with Crippen LogP contribution in [0.25, 0.3) is 0 Å². The summed E-state index contributed by atoms with van der Waals surface area (Å²) in [6, 6.07) is -0.720. The molecular formula is C45H83NO7. The third-order valence-electron chi connectivity index (χ3n) is 9.85. The molecular weight excluding hydrogens is 666 g/mol. The largest absolute Gasteiger partial charge is 0.544 e. The van der Waals surface area contributed by atoms with Crippen LogP contribution in [0.15, 0.2) is 24.3 Å². The lowest BCUT2D eigenvalue weighted by Crippen LogP contribution is -2.55. The molecule has 0 aromatic rings. The first-order chi connectivity index (χ1) is 25.6. The van der Waals surface area contributed by atoms with E-state index < -0.39 is 18.1 Å². The average Bonchev–Trinajstić information content (AvgIpc) is 3.11. The molecule has 2 unspecified atom stereocenters. The number of allylic oxidation sites excluding steroid dienone is 4. The lowest BCUT2D eigenvalue weighted by Gasteiger charge is -2.34. The lowest BCUT2D eigenvalue weighted by atomic mass is 10.0. The number of hydrogen-bond acceptors (Lipinski definition) is 7. The molecule has 8 nitrogen and oxygen atoms in total. The van der Waals surface area contributed by atoms with Crippen molar-refractivity contribution in [2.45, 2.75) is 206 Å². The fraction of sp³-hybridized carbons (Fsp3) is 0.844. The Morgan fingerprint density at radius 2 is 1.06 bits per heavy atom. The molecule has 53 heavy (non-hydrogen) atoms. The summed E-state index contributed by atoms with van der Waals surface area (Å²) in [4.78, 5) is 36.7. The molecule has 0 aliphatic carbocycles. The van der Waals surface area contributed by atoms with E-state index in [4.69, 9.17) is 14.2 Å². The van der Waals surface area contributed by atoms with E-state index >= 15 is 0 Å². The highest BCUT2D eigenvalue weighted by atomic mass is 16.6. The molecule has 8 heteroatoms. The number of nitrogens with zero attached hydrogens (tertiary/aromatic N) is 1. The number of ether oxygens (including phenoxy) is 3. The van der Waals surface area contributed by atoms with Crippen molar-refractivity contribution in [3.05, 3.63) is 24.3 Å². The summed E-state index contributed by atoms with van der Waals surface area (Å²) in [5.41, 5.74) is 0. The Kier molecular flexibility index (Phi) is 35.2. The number of hydrogen-bond donors (Lipinski definition) is 0. The van der Waals surface area contributed by atoms with E-state index in [-0.39, 0.29) is 42.7 Å². The Morgan fingerprint density at radius 3 is 1.55 bits per heavy atom. The number of esters is 2. The van der Waals surface area contributed by atoms with Gasteiger partial charge in [-0.05, 0) is 38.5 Å². The highest BCUT2D eigenvalue weighted by molar-refractivity contribution is 5.70. The number of aliphatic carboxylic acids is 1. The summed E-state index contributed by atoms with van der Waals surface area (Å²) in [5.74, 6) is -1.73. The molecule has 0 heterocycles. The molecule has 0 rings (SSSR count). The minimum atomic E-state index is -1.12. The molecule has 0 aromatic heterocycles.